The van der Waals surface area contributed by atoms with Gasteiger partial charge < -0.3 is 10.3 Å². The molecule has 0 saturated heterocycles. The van der Waals surface area contributed by atoms with E-state index in [0.29, 0.717) is 16.3 Å². The van der Waals surface area contributed by atoms with E-state index in [0.717, 1.165) is 10.9 Å². The van der Waals surface area contributed by atoms with Gasteiger partial charge in [-0.05, 0) is 36.4 Å². The van der Waals surface area contributed by atoms with Crippen molar-refractivity contribution >= 4 is 34.1 Å². The van der Waals surface area contributed by atoms with Gasteiger partial charge in [-0.15, -0.1) is 0 Å². The molecule has 0 radical (unpaired) electrons. The number of H-pyrrole nitrogens is 1. The fraction of sp³-hybridized carbons (Fsp3) is 0. The minimum Gasteiger partial charge on any atom is -0.361 e. The molecule has 1 amide bonds. The third-order valence-electron chi connectivity index (χ3n) is 2.92. The smallest absolute Gasteiger partial charge is 0.256 e. The Kier molecular flexibility index (Phi) is 2.97. The van der Waals surface area contributed by atoms with Gasteiger partial charge in [0.25, 0.3) is 5.91 Å². The van der Waals surface area contributed by atoms with Gasteiger partial charge in [0.2, 0.25) is 0 Å². The van der Waals surface area contributed by atoms with Crippen LogP contribution in [0.1, 0.15) is 10.4 Å². The lowest BCUT2D eigenvalue weighted by molar-refractivity contribution is 0.102. The van der Waals surface area contributed by atoms with Crippen LogP contribution in [0.4, 0.5) is 5.69 Å². The minimum absolute atomic E-state index is 0.146. The number of fused-ring (bicyclic) bond motifs is 1. The largest absolute Gasteiger partial charge is 0.361 e. The fourth-order valence-electron chi connectivity index (χ4n) is 2.05. The summed E-state index contributed by atoms with van der Waals surface area (Å²) in [5.74, 6) is -0.146. The number of rotatable bonds is 2. The molecule has 0 spiro atoms. The summed E-state index contributed by atoms with van der Waals surface area (Å²) >= 11 is 5.90. The predicted molar refractivity (Wildman–Crippen MR) is 77.7 cm³/mol. The van der Waals surface area contributed by atoms with Gasteiger partial charge in [-0.1, -0.05) is 23.7 Å². The number of amides is 1. The number of carbonyl (C=O) groups excluding carboxylic acids is 1. The van der Waals surface area contributed by atoms with Crippen LogP contribution in [-0.2, 0) is 0 Å². The van der Waals surface area contributed by atoms with E-state index >= 15 is 0 Å². The number of aromatic amines is 1. The average Bonchev–Trinajstić information content (AvgIpc) is 2.86. The Morgan fingerprint density at radius 1 is 1.11 bits per heavy atom. The SMILES string of the molecule is O=C(Nc1cccc(Cl)c1)c1cccc2[nH]ccc12. The van der Waals surface area contributed by atoms with Crippen molar-refractivity contribution in [2.45, 2.75) is 0 Å². The molecule has 2 aromatic carbocycles. The van der Waals surface area contributed by atoms with Gasteiger partial charge in [0.05, 0.1) is 0 Å². The lowest BCUT2D eigenvalue weighted by Gasteiger charge is -2.06. The molecule has 4 heteroatoms. The summed E-state index contributed by atoms with van der Waals surface area (Å²) in [7, 11) is 0. The lowest BCUT2D eigenvalue weighted by Crippen LogP contribution is -2.12. The molecule has 19 heavy (non-hydrogen) atoms. The zero-order valence-corrected chi connectivity index (χ0v) is 10.7. The third kappa shape index (κ3) is 2.33. The molecular formula is C15H11ClN2O. The van der Waals surface area contributed by atoms with E-state index in [4.69, 9.17) is 11.6 Å². The van der Waals surface area contributed by atoms with Gasteiger partial charge in [-0.3, -0.25) is 4.79 Å². The Morgan fingerprint density at radius 3 is 2.79 bits per heavy atom. The van der Waals surface area contributed by atoms with Gasteiger partial charge in [-0.2, -0.15) is 0 Å². The molecule has 3 rings (SSSR count). The number of aromatic nitrogens is 1. The molecule has 2 N–H and O–H groups in total. The number of halogens is 1. The van der Waals surface area contributed by atoms with Crippen LogP contribution in [0.25, 0.3) is 10.9 Å². The van der Waals surface area contributed by atoms with Gasteiger partial charge >= 0.3 is 0 Å². The normalized spacial score (nSPS) is 10.6. The standard InChI is InChI=1S/C15H11ClN2O/c16-10-3-1-4-11(9-10)18-15(19)13-5-2-6-14-12(13)7-8-17-14/h1-9,17H,(H,18,19). The molecule has 0 atom stereocenters. The Bertz CT molecular complexity index is 748. The highest BCUT2D eigenvalue weighted by molar-refractivity contribution is 6.31. The quantitative estimate of drug-likeness (QED) is 0.724. The van der Waals surface area contributed by atoms with E-state index in [1.807, 2.05) is 24.4 Å². The second-order valence-corrected chi connectivity index (χ2v) is 4.65. The van der Waals surface area contributed by atoms with Crippen LogP contribution in [0, 0.1) is 0 Å². The molecule has 3 nitrogen and oxygen atoms in total. The number of hydrogen-bond donors (Lipinski definition) is 2. The molecule has 0 fully saturated rings. The summed E-state index contributed by atoms with van der Waals surface area (Å²) in [6.07, 6.45) is 1.82. The van der Waals surface area contributed by atoms with Gasteiger partial charge in [0, 0.05) is 33.4 Å². The Balaban J connectivity index is 1.94. The number of benzene rings is 2. The average molecular weight is 271 g/mol. The van der Waals surface area contributed by atoms with Crippen LogP contribution >= 0.6 is 11.6 Å². The highest BCUT2D eigenvalue weighted by Crippen LogP contribution is 2.20. The summed E-state index contributed by atoms with van der Waals surface area (Å²) in [4.78, 5) is 15.4. The Morgan fingerprint density at radius 2 is 1.95 bits per heavy atom. The van der Waals surface area contributed by atoms with Gasteiger partial charge in [0.15, 0.2) is 0 Å². The second-order valence-electron chi connectivity index (χ2n) is 4.21. The maximum absolute atomic E-state index is 12.3. The first kappa shape index (κ1) is 11.8. The molecule has 0 aliphatic rings. The zero-order chi connectivity index (χ0) is 13.2. The zero-order valence-electron chi connectivity index (χ0n) is 9.98. The van der Waals surface area contributed by atoms with E-state index in [2.05, 4.69) is 10.3 Å². The topological polar surface area (TPSA) is 44.9 Å². The summed E-state index contributed by atoms with van der Waals surface area (Å²) in [5, 5.41) is 4.34. The predicted octanol–water partition coefficient (Wildman–Crippen LogP) is 4.07. The van der Waals surface area contributed by atoms with E-state index in [9.17, 15) is 4.79 Å². The van der Waals surface area contributed by atoms with E-state index in [1.165, 1.54) is 0 Å². The molecule has 1 aromatic heterocycles. The first-order valence-corrected chi connectivity index (χ1v) is 6.25. The van der Waals surface area contributed by atoms with E-state index < -0.39 is 0 Å². The maximum Gasteiger partial charge on any atom is 0.256 e. The van der Waals surface area contributed by atoms with Crippen LogP contribution in [0.15, 0.2) is 54.7 Å². The van der Waals surface area contributed by atoms with Crippen LogP contribution in [-0.4, -0.2) is 10.9 Å². The summed E-state index contributed by atoms with van der Waals surface area (Å²) < 4.78 is 0. The fourth-order valence-corrected chi connectivity index (χ4v) is 2.24. The number of anilines is 1. The van der Waals surface area contributed by atoms with Crippen molar-refractivity contribution in [1.82, 2.24) is 4.98 Å². The van der Waals surface area contributed by atoms with Crippen molar-refractivity contribution in [3.8, 4) is 0 Å². The minimum atomic E-state index is -0.146. The first-order valence-electron chi connectivity index (χ1n) is 5.87. The summed E-state index contributed by atoms with van der Waals surface area (Å²) in [6.45, 7) is 0. The summed E-state index contributed by atoms with van der Waals surface area (Å²) in [5.41, 5.74) is 2.27. The van der Waals surface area contributed by atoms with Crippen molar-refractivity contribution in [1.29, 1.82) is 0 Å². The van der Waals surface area contributed by atoms with Crippen molar-refractivity contribution < 1.29 is 4.79 Å². The third-order valence-corrected chi connectivity index (χ3v) is 3.16. The molecule has 0 saturated carbocycles. The number of nitrogens with one attached hydrogen (secondary N) is 2. The van der Waals surface area contributed by atoms with Crippen molar-refractivity contribution in [2.75, 3.05) is 5.32 Å². The van der Waals surface area contributed by atoms with Crippen molar-refractivity contribution in [3.63, 3.8) is 0 Å². The van der Waals surface area contributed by atoms with E-state index in [1.54, 1.807) is 30.3 Å². The molecule has 0 bridgehead atoms. The summed E-state index contributed by atoms with van der Waals surface area (Å²) in [6, 6.07) is 14.6. The molecule has 0 unspecified atom stereocenters. The first-order chi connectivity index (χ1) is 9.24. The number of hydrogen-bond acceptors (Lipinski definition) is 1. The highest BCUT2D eigenvalue weighted by Gasteiger charge is 2.10. The second kappa shape index (κ2) is 4.78. The van der Waals surface area contributed by atoms with Gasteiger partial charge in [0.1, 0.15) is 0 Å². The highest BCUT2D eigenvalue weighted by atomic mass is 35.5. The van der Waals surface area contributed by atoms with Crippen LogP contribution < -0.4 is 5.32 Å². The molecule has 0 aliphatic carbocycles. The molecule has 1 heterocycles. The molecule has 3 aromatic rings. The van der Waals surface area contributed by atoms with Crippen LogP contribution in [0.5, 0.6) is 0 Å². The Labute approximate surface area is 115 Å². The monoisotopic (exact) mass is 270 g/mol. The van der Waals surface area contributed by atoms with Crippen molar-refractivity contribution in [2.24, 2.45) is 0 Å². The van der Waals surface area contributed by atoms with Crippen molar-refractivity contribution in [3.05, 3.63) is 65.3 Å². The lowest BCUT2D eigenvalue weighted by atomic mass is 10.1. The molecule has 0 aliphatic heterocycles. The van der Waals surface area contributed by atoms with Crippen LogP contribution in [0.3, 0.4) is 0 Å². The van der Waals surface area contributed by atoms with Gasteiger partial charge in [-0.25, -0.2) is 0 Å². The van der Waals surface area contributed by atoms with E-state index in [-0.39, 0.29) is 5.91 Å². The molecular weight excluding hydrogens is 260 g/mol. The number of carbonyl (C=O) groups is 1. The molecule has 94 valence electrons. The van der Waals surface area contributed by atoms with Crippen LogP contribution in [0.2, 0.25) is 5.02 Å². The Hall–Kier alpha value is -2.26. The maximum atomic E-state index is 12.3.